The van der Waals surface area contributed by atoms with E-state index in [1.165, 1.54) is 0 Å². The summed E-state index contributed by atoms with van der Waals surface area (Å²) in [6.07, 6.45) is 0. The second kappa shape index (κ2) is 7.27. The SMILES string of the molecule is CC(C)CN(C)C(=O)C(C)(N)c1ccc(Br)cc1.Cl. The molecule has 0 aliphatic carbocycles. The molecule has 0 aromatic heterocycles. The number of carbonyl (C=O) groups excluding carboxylic acids is 1. The third-order valence-electron chi connectivity index (χ3n) is 2.87. The predicted octanol–water partition coefficient (Wildman–Crippen LogP) is 3.16. The first-order valence-corrected chi connectivity index (χ1v) is 6.85. The lowest BCUT2D eigenvalue weighted by Gasteiger charge is -2.30. The van der Waals surface area contributed by atoms with Crippen LogP contribution in [0.15, 0.2) is 28.7 Å². The highest BCUT2D eigenvalue weighted by atomic mass is 79.9. The van der Waals surface area contributed by atoms with Gasteiger partial charge in [0.05, 0.1) is 0 Å². The van der Waals surface area contributed by atoms with Gasteiger partial charge in [-0.3, -0.25) is 4.79 Å². The van der Waals surface area contributed by atoms with E-state index in [0.29, 0.717) is 12.5 Å². The summed E-state index contributed by atoms with van der Waals surface area (Å²) in [4.78, 5) is 14.1. The molecule has 3 nitrogen and oxygen atoms in total. The first-order chi connectivity index (χ1) is 8.25. The van der Waals surface area contributed by atoms with E-state index >= 15 is 0 Å². The molecule has 0 heterocycles. The van der Waals surface area contributed by atoms with Gasteiger partial charge >= 0.3 is 0 Å². The standard InChI is InChI=1S/C14H21BrN2O.ClH/c1-10(2)9-17(4)13(18)14(3,16)11-5-7-12(15)8-6-11;/h5-8,10H,9,16H2,1-4H3;1H. The second-order valence-corrected chi connectivity index (χ2v) is 6.20. The Morgan fingerprint density at radius 3 is 2.26 bits per heavy atom. The van der Waals surface area contributed by atoms with Crippen molar-refractivity contribution in [3.63, 3.8) is 0 Å². The van der Waals surface area contributed by atoms with Crippen LogP contribution >= 0.6 is 28.3 Å². The van der Waals surface area contributed by atoms with Crippen molar-refractivity contribution in [2.45, 2.75) is 26.3 Å². The Balaban J connectivity index is 0.00000324. The lowest BCUT2D eigenvalue weighted by atomic mass is 9.91. The van der Waals surface area contributed by atoms with Crippen molar-refractivity contribution in [2.24, 2.45) is 11.7 Å². The van der Waals surface area contributed by atoms with Crippen LogP contribution in [0.1, 0.15) is 26.3 Å². The summed E-state index contributed by atoms with van der Waals surface area (Å²) in [5, 5.41) is 0. The van der Waals surface area contributed by atoms with Crippen LogP contribution in [0.4, 0.5) is 0 Å². The van der Waals surface area contributed by atoms with Gasteiger partial charge in [-0.2, -0.15) is 0 Å². The number of amides is 1. The maximum Gasteiger partial charge on any atom is 0.246 e. The van der Waals surface area contributed by atoms with Gasteiger partial charge in [-0.15, -0.1) is 12.4 Å². The Morgan fingerprint density at radius 2 is 1.84 bits per heavy atom. The number of nitrogens with zero attached hydrogens (tertiary/aromatic N) is 1. The molecular formula is C14H22BrClN2O. The molecule has 0 aliphatic rings. The van der Waals surface area contributed by atoms with Gasteiger partial charge in [0, 0.05) is 18.1 Å². The molecule has 108 valence electrons. The van der Waals surface area contributed by atoms with E-state index in [1.54, 1.807) is 18.9 Å². The maximum absolute atomic E-state index is 12.4. The second-order valence-electron chi connectivity index (χ2n) is 5.29. The van der Waals surface area contributed by atoms with Gasteiger partial charge in [0.25, 0.3) is 0 Å². The minimum Gasteiger partial charge on any atom is -0.344 e. The van der Waals surface area contributed by atoms with Gasteiger partial charge < -0.3 is 10.6 Å². The first kappa shape index (κ1) is 18.4. The highest BCUT2D eigenvalue weighted by molar-refractivity contribution is 9.10. The van der Waals surface area contributed by atoms with Crippen molar-refractivity contribution >= 4 is 34.2 Å². The Kier molecular flexibility index (Phi) is 7.05. The number of rotatable bonds is 4. The minimum atomic E-state index is -0.982. The van der Waals surface area contributed by atoms with Crippen LogP contribution in [-0.2, 0) is 10.3 Å². The average Bonchev–Trinajstić information content (AvgIpc) is 2.27. The molecule has 1 amide bonds. The maximum atomic E-state index is 12.4. The zero-order valence-corrected chi connectivity index (χ0v) is 14.2. The van der Waals surface area contributed by atoms with Crippen LogP contribution in [0.25, 0.3) is 0 Å². The summed E-state index contributed by atoms with van der Waals surface area (Å²) in [6, 6.07) is 7.56. The number of halogens is 2. The van der Waals surface area contributed by atoms with Crippen molar-refractivity contribution in [2.75, 3.05) is 13.6 Å². The van der Waals surface area contributed by atoms with Crippen LogP contribution in [-0.4, -0.2) is 24.4 Å². The lowest BCUT2D eigenvalue weighted by Crippen LogP contribution is -2.50. The fourth-order valence-corrected chi connectivity index (χ4v) is 2.21. The van der Waals surface area contributed by atoms with Gasteiger partial charge in [0.2, 0.25) is 5.91 Å². The molecule has 0 radical (unpaired) electrons. The van der Waals surface area contributed by atoms with Crippen molar-refractivity contribution in [1.29, 1.82) is 0 Å². The van der Waals surface area contributed by atoms with Crippen LogP contribution in [0, 0.1) is 5.92 Å². The summed E-state index contributed by atoms with van der Waals surface area (Å²) in [5.41, 5.74) is 6.05. The predicted molar refractivity (Wildman–Crippen MR) is 85.4 cm³/mol. The van der Waals surface area contributed by atoms with Gasteiger partial charge in [-0.1, -0.05) is 41.9 Å². The van der Waals surface area contributed by atoms with Crippen LogP contribution < -0.4 is 5.73 Å². The number of hydrogen-bond donors (Lipinski definition) is 1. The summed E-state index contributed by atoms with van der Waals surface area (Å²) < 4.78 is 0.977. The molecule has 1 unspecified atom stereocenters. The summed E-state index contributed by atoms with van der Waals surface area (Å²) in [6.45, 7) is 6.63. The molecular weight excluding hydrogens is 328 g/mol. The summed E-state index contributed by atoms with van der Waals surface area (Å²) >= 11 is 3.37. The quantitative estimate of drug-likeness (QED) is 0.907. The minimum absolute atomic E-state index is 0. The monoisotopic (exact) mass is 348 g/mol. The normalized spacial score (nSPS) is 13.6. The Hall–Kier alpha value is -0.580. The summed E-state index contributed by atoms with van der Waals surface area (Å²) in [7, 11) is 1.80. The smallest absolute Gasteiger partial charge is 0.246 e. The van der Waals surface area contributed by atoms with Crippen molar-refractivity contribution in [3.05, 3.63) is 34.3 Å². The Bertz CT molecular complexity index is 418. The van der Waals surface area contributed by atoms with E-state index in [1.807, 2.05) is 24.3 Å². The van der Waals surface area contributed by atoms with E-state index < -0.39 is 5.54 Å². The molecule has 2 N–H and O–H groups in total. The molecule has 1 aromatic rings. The van der Waals surface area contributed by atoms with Crippen LogP contribution in [0.2, 0.25) is 0 Å². The largest absolute Gasteiger partial charge is 0.344 e. The molecule has 0 saturated carbocycles. The fourth-order valence-electron chi connectivity index (χ4n) is 1.95. The van der Waals surface area contributed by atoms with E-state index in [0.717, 1.165) is 10.0 Å². The Morgan fingerprint density at radius 1 is 1.37 bits per heavy atom. The molecule has 0 bridgehead atoms. The van der Waals surface area contributed by atoms with Gasteiger partial charge in [0.1, 0.15) is 5.54 Å². The molecule has 0 fully saturated rings. The Labute approximate surface area is 130 Å². The molecule has 1 aromatic carbocycles. The highest BCUT2D eigenvalue weighted by Gasteiger charge is 2.33. The zero-order chi connectivity index (χ0) is 13.9. The van der Waals surface area contributed by atoms with E-state index in [9.17, 15) is 4.79 Å². The van der Waals surface area contributed by atoms with Crippen LogP contribution in [0.3, 0.4) is 0 Å². The topological polar surface area (TPSA) is 46.3 Å². The van der Waals surface area contributed by atoms with E-state index in [2.05, 4.69) is 29.8 Å². The number of carbonyl (C=O) groups is 1. The number of likely N-dealkylation sites (N-methyl/N-ethyl adjacent to an activating group) is 1. The number of benzene rings is 1. The lowest BCUT2D eigenvalue weighted by molar-refractivity contribution is -0.135. The third kappa shape index (κ3) is 4.79. The molecule has 1 rings (SSSR count). The zero-order valence-electron chi connectivity index (χ0n) is 11.8. The first-order valence-electron chi connectivity index (χ1n) is 6.05. The van der Waals surface area contributed by atoms with Gasteiger partial charge in [-0.25, -0.2) is 0 Å². The van der Waals surface area contributed by atoms with Gasteiger partial charge in [0.15, 0.2) is 0 Å². The number of hydrogen-bond acceptors (Lipinski definition) is 2. The van der Waals surface area contributed by atoms with Crippen molar-refractivity contribution in [1.82, 2.24) is 4.90 Å². The highest BCUT2D eigenvalue weighted by Crippen LogP contribution is 2.22. The molecule has 5 heteroatoms. The fraction of sp³-hybridized carbons (Fsp3) is 0.500. The van der Waals surface area contributed by atoms with Crippen molar-refractivity contribution in [3.8, 4) is 0 Å². The van der Waals surface area contributed by atoms with Gasteiger partial charge in [-0.05, 0) is 30.5 Å². The summed E-state index contributed by atoms with van der Waals surface area (Å²) in [5.74, 6) is 0.373. The number of nitrogens with two attached hydrogens (primary N) is 1. The molecule has 19 heavy (non-hydrogen) atoms. The molecule has 0 aliphatic heterocycles. The average molecular weight is 350 g/mol. The molecule has 1 atom stereocenters. The van der Waals surface area contributed by atoms with E-state index in [-0.39, 0.29) is 18.3 Å². The van der Waals surface area contributed by atoms with Crippen molar-refractivity contribution < 1.29 is 4.79 Å². The molecule has 0 spiro atoms. The molecule has 0 saturated heterocycles. The van der Waals surface area contributed by atoms with E-state index in [4.69, 9.17) is 5.73 Å². The van der Waals surface area contributed by atoms with Crippen LogP contribution in [0.5, 0.6) is 0 Å². The third-order valence-corrected chi connectivity index (χ3v) is 3.40.